The van der Waals surface area contributed by atoms with E-state index in [9.17, 15) is 18.0 Å². The van der Waals surface area contributed by atoms with Gasteiger partial charge in [0.2, 0.25) is 0 Å². The molecule has 0 atom stereocenters. The number of anilines is 2. The van der Waals surface area contributed by atoms with Crippen LogP contribution in [-0.2, 0) is 12.7 Å². The van der Waals surface area contributed by atoms with E-state index in [0.29, 0.717) is 5.69 Å². The van der Waals surface area contributed by atoms with E-state index < -0.39 is 17.6 Å². The highest BCUT2D eigenvalue weighted by Crippen LogP contribution is 2.29. The number of alkyl halides is 3. The Hall–Kier alpha value is -2.91. The number of aromatic nitrogens is 1. The second-order valence-corrected chi connectivity index (χ2v) is 8.67. The monoisotopic (exact) mass is 460 g/mol. The van der Waals surface area contributed by atoms with Crippen molar-refractivity contribution >= 4 is 28.7 Å². The van der Waals surface area contributed by atoms with Gasteiger partial charge in [-0.2, -0.15) is 13.2 Å². The normalized spacial score (nSPS) is 15.4. The molecule has 168 valence electrons. The van der Waals surface area contributed by atoms with Gasteiger partial charge in [0.25, 0.3) is 5.91 Å². The van der Waals surface area contributed by atoms with E-state index in [2.05, 4.69) is 37.6 Å². The van der Waals surface area contributed by atoms with Gasteiger partial charge in [0.05, 0.1) is 17.4 Å². The molecule has 3 heterocycles. The molecular weight excluding hydrogens is 437 g/mol. The maximum Gasteiger partial charge on any atom is 0.416 e. The Balaban J connectivity index is 1.35. The molecule has 1 aromatic carbocycles. The highest BCUT2D eigenvalue weighted by molar-refractivity contribution is 7.09. The van der Waals surface area contributed by atoms with E-state index in [1.54, 1.807) is 17.4 Å². The highest BCUT2D eigenvalue weighted by atomic mass is 32.1. The van der Waals surface area contributed by atoms with Crippen LogP contribution in [-0.4, -0.2) is 42.0 Å². The van der Waals surface area contributed by atoms with Crippen molar-refractivity contribution in [2.75, 3.05) is 36.4 Å². The van der Waals surface area contributed by atoms with Crippen LogP contribution < -0.4 is 10.2 Å². The zero-order valence-electron chi connectivity index (χ0n) is 17.3. The topological polar surface area (TPSA) is 48.5 Å². The summed E-state index contributed by atoms with van der Waals surface area (Å²) in [4.78, 5) is 22.8. The molecular formula is C23H23F3N4OS. The molecule has 9 heteroatoms. The van der Waals surface area contributed by atoms with E-state index in [0.717, 1.165) is 57.1 Å². The number of benzene rings is 1. The van der Waals surface area contributed by atoms with E-state index in [1.807, 2.05) is 6.07 Å². The summed E-state index contributed by atoms with van der Waals surface area (Å²) in [7, 11) is 0. The number of carbonyl (C=O) groups excluding carboxylic acids is 1. The van der Waals surface area contributed by atoms with E-state index in [4.69, 9.17) is 0 Å². The van der Waals surface area contributed by atoms with Crippen LogP contribution >= 0.6 is 11.3 Å². The van der Waals surface area contributed by atoms with Gasteiger partial charge in [-0.1, -0.05) is 12.1 Å². The summed E-state index contributed by atoms with van der Waals surface area (Å²) in [5.74, 6) is 0.213. The van der Waals surface area contributed by atoms with Crippen molar-refractivity contribution in [2.24, 2.45) is 0 Å². The summed E-state index contributed by atoms with van der Waals surface area (Å²) in [5.41, 5.74) is -0.472. The summed E-state index contributed by atoms with van der Waals surface area (Å²) < 4.78 is 38.6. The molecule has 1 amide bonds. The quantitative estimate of drug-likeness (QED) is 0.574. The minimum absolute atomic E-state index is 0.0535. The van der Waals surface area contributed by atoms with E-state index >= 15 is 0 Å². The van der Waals surface area contributed by atoms with Gasteiger partial charge in [-0.25, -0.2) is 4.98 Å². The molecule has 32 heavy (non-hydrogen) atoms. The lowest BCUT2D eigenvalue weighted by Crippen LogP contribution is -2.30. The Kier molecular flexibility index (Phi) is 6.76. The average molecular weight is 461 g/mol. The summed E-state index contributed by atoms with van der Waals surface area (Å²) in [6.07, 6.45) is -1.93. The third kappa shape index (κ3) is 5.66. The molecule has 0 radical (unpaired) electrons. The Morgan fingerprint density at radius 3 is 2.66 bits per heavy atom. The maximum atomic E-state index is 12.9. The fourth-order valence-electron chi connectivity index (χ4n) is 3.67. The first-order valence-corrected chi connectivity index (χ1v) is 11.2. The minimum Gasteiger partial charge on any atom is -0.355 e. The highest BCUT2D eigenvalue weighted by Gasteiger charge is 2.30. The summed E-state index contributed by atoms with van der Waals surface area (Å²) in [6, 6.07) is 12.1. The van der Waals surface area contributed by atoms with Crippen molar-refractivity contribution in [2.45, 2.75) is 19.1 Å². The van der Waals surface area contributed by atoms with Crippen LogP contribution in [0.25, 0.3) is 0 Å². The number of amides is 1. The first-order chi connectivity index (χ1) is 15.4. The van der Waals surface area contributed by atoms with Crippen LogP contribution in [0.1, 0.15) is 27.2 Å². The number of hydrogen-bond donors (Lipinski definition) is 1. The van der Waals surface area contributed by atoms with Gasteiger partial charge in [-0.15, -0.1) is 11.3 Å². The van der Waals surface area contributed by atoms with Crippen LogP contribution in [0.3, 0.4) is 0 Å². The van der Waals surface area contributed by atoms with Crippen molar-refractivity contribution in [1.82, 2.24) is 9.88 Å². The third-order valence-corrected chi connectivity index (χ3v) is 6.19. The van der Waals surface area contributed by atoms with E-state index in [1.165, 1.54) is 23.2 Å². The van der Waals surface area contributed by atoms with Gasteiger partial charge < -0.3 is 10.2 Å². The molecule has 0 bridgehead atoms. The minimum atomic E-state index is -4.49. The first-order valence-electron chi connectivity index (χ1n) is 10.3. The van der Waals surface area contributed by atoms with Crippen molar-refractivity contribution < 1.29 is 18.0 Å². The zero-order valence-corrected chi connectivity index (χ0v) is 18.1. The third-order valence-electron chi connectivity index (χ3n) is 5.33. The van der Waals surface area contributed by atoms with Crippen molar-refractivity contribution in [3.05, 3.63) is 76.1 Å². The number of carbonyl (C=O) groups is 1. The standard InChI is InChI=1S/C23H23F3N4OS/c24-23(25,26)18-5-1-4-17(14-18)22(31)28-19-7-8-21(27-15-19)30-10-3-9-29(11-12-30)16-20-6-2-13-32-20/h1-2,4-8,13-15H,3,9-12,16H2,(H,28,31). The Morgan fingerprint density at radius 2 is 1.94 bits per heavy atom. The van der Waals surface area contributed by atoms with Gasteiger partial charge in [0, 0.05) is 43.2 Å². The Bertz CT molecular complexity index is 1040. The lowest BCUT2D eigenvalue weighted by Gasteiger charge is -2.22. The van der Waals surface area contributed by atoms with Crippen LogP contribution in [0.15, 0.2) is 60.1 Å². The molecule has 0 saturated carbocycles. The van der Waals surface area contributed by atoms with Crippen LogP contribution in [0, 0.1) is 0 Å². The number of hydrogen-bond acceptors (Lipinski definition) is 5. The fourth-order valence-corrected chi connectivity index (χ4v) is 4.41. The van der Waals surface area contributed by atoms with Crippen LogP contribution in [0.5, 0.6) is 0 Å². The number of pyridine rings is 1. The molecule has 0 aliphatic carbocycles. The Morgan fingerprint density at radius 1 is 1.06 bits per heavy atom. The SMILES string of the molecule is O=C(Nc1ccc(N2CCCN(Cc3cccs3)CC2)nc1)c1cccc(C(F)(F)F)c1. The van der Waals surface area contributed by atoms with Gasteiger partial charge in [-0.3, -0.25) is 9.69 Å². The second kappa shape index (κ2) is 9.70. The lowest BCUT2D eigenvalue weighted by molar-refractivity contribution is -0.137. The molecule has 1 N–H and O–H groups in total. The number of rotatable bonds is 5. The van der Waals surface area contributed by atoms with Crippen molar-refractivity contribution in [3.63, 3.8) is 0 Å². The van der Waals surface area contributed by atoms with E-state index in [-0.39, 0.29) is 5.56 Å². The zero-order chi connectivity index (χ0) is 22.6. The lowest BCUT2D eigenvalue weighted by atomic mass is 10.1. The molecule has 5 nitrogen and oxygen atoms in total. The summed E-state index contributed by atoms with van der Waals surface area (Å²) in [6.45, 7) is 4.67. The van der Waals surface area contributed by atoms with Crippen LogP contribution in [0.2, 0.25) is 0 Å². The fraction of sp³-hybridized carbons (Fsp3) is 0.304. The van der Waals surface area contributed by atoms with Crippen molar-refractivity contribution in [1.29, 1.82) is 0 Å². The summed E-state index contributed by atoms with van der Waals surface area (Å²) >= 11 is 1.77. The smallest absolute Gasteiger partial charge is 0.355 e. The molecule has 1 aliphatic heterocycles. The molecule has 0 spiro atoms. The Labute approximate surface area is 188 Å². The van der Waals surface area contributed by atoms with Crippen LogP contribution in [0.4, 0.5) is 24.7 Å². The average Bonchev–Trinajstić information content (AvgIpc) is 3.18. The predicted molar refractivity (Wildman–Crippen MR) is 120 cm³/mol. The van der Waals surface area contributed by atoms with Gasteiger partial charge >= 0.3 is 6.18 Å². The second-order valence-electron chi connectivity index (χ2n) is 7.63. The molecule has 1 saturated heterocycles. The number of thiophene rings is 1. The molecule has 2 aromatic heterocycles. The number of halogens is 3. The number of nitrogens with zero attached hydrogens (tertiary/aromatic N) is 3. The van der Waals surface area contributed by atoms with Gasteiger partial charge in [-0.05, 0) is 48.2 Å². The predicted octanol–water partition coefficient (Wildman–Crippen LogP) is 5.13. The van der Waals surface area contributed by atoms with Crippen molar-refractivity contribution in [3.8, 4) is 0 Å². The molecule has 1 aliphatic rings. The largest absolute Gasteiger partial charge is 0.416 e. The van der Waals surface area contributed by atoms with Gasteiger partial charge in [0.15, 0.2) is 0 Å². The molecule has 0 unspecified atom stereocenters. The number of nitrogens with one attached hydrogen (secondary N) is 1. The molecule has 3 aromatic rings. The maximum absolute atomic E-state index is 12.9. The van der Waals surface area contributed by atoms with Gasteiger partial charge in [0.1, 0.15) is 5.82 Å². The summed E-state index contributed by atoms with van der Waals surface area (Å²) in [5, 5.41) is 4.71. The molecule has 1 fully saturated rings. The first kappa shape index (κ1) is 22.3. The molecule has 4 rings (SSSR count).